The van der Waals surface area contributed by atoms with E-state index in [0.29, 0.717) is 11.3 Å². The van der Waals surface area contributed by atoms with Gasteiger partial charge in [0, 0.05) is 15.7 Å². The Hall–Kier alpha value is -1.39. The summed E-state index contributed by atoms with van der Waals surface area (Å²) in [6.45, 7) is 1.93. The lowest BCUT2D eigenvalue weighted by Crippen LogP contribution is -2.12. The van der Waals surface area contributed by atoms with E-state index in [4.69, 9.17) is 11.6 Å². The van der Waals surface area contributed by atoms with Gasteiger partial charge in [-0.1, -0.05) is 27.5 Å². The number of aryl methyl sites for hydroxylation is 1. The van der Waals surface area contributed by atoms with E-state index in [1.54, 1.807) is 6.07 Å². The summed E-state index contributed by atoms with van der Waals surface area (Å²) in [6, 6.07) is 9.33. The maximum absolute atomic E-state index is 13.0. The smallest absolute Gasteiger partial charge is 0.255 e. The van der Waals surface area contributed by atoms with Gasteiger partial charge in [-0.2, -0.15) is 0 Å². The summed E-state index contributed by atoms with van der Waals surface area (Å²) in [5.74, 6) is -0.874. The molecule has 0 radical (unpaired) electrons. The summed E-state index contributed by atoms with van der Waals surface area (Å²) in [6.07, 6.45) is 0. The van der Waals surface area contributed by atoms with Crippen molar-refractivity contribution in [3.05, 3.63) is 62.8 Å². The number of anilines is 1. The monoisotopic (exact) mass is 341 g/mol. The number of halogens is 3. The Morgan fingerprint density at radius 3 is 2.63 bits per heavy atom. The van der Waals surface area contributed by atoms with Crippen LogP contribution in [-0.4, -0.2) is 5.91 Å². The van der Waals surface area contributed by atoms with Crippen LogP contribution in [0.2, 0.25) is 5.02 Å². The third-order valence-electron chi connectivity index (χ3n) is 2.60. The van der Waals surface area contributed by atoms with Gasteiger partial charge in [-0.3, -0.25) is 4.79 Å². The first-order chi connectivity index (χ1) is 8.97. The highest BCUT2D eigenvalue weighted by atomic mass is 79.9. The van der Waals surface area contributed by atoms with Crippen LogP contribution in [0.15, 0.2) is 40.9 Å². The van der Waals surface area contributed by atoms with E-state index < -0.39 is 5.82 Å². The molecule has 5 heteroatoms. The predicted octanol–water partition coefficient (Wildman–Crippen LogP) is 4.80. The van der Waals surface area contributed by atoms with Crippen LogP contribution in [0, 0.1) is 12.7 Å². The fourth-order valence-electron chi connectivity index (χ4n) is 1.56. The molecule has 0 atom stereocenters. The Kier molecular flexibility index (Phi) is 4.22. The number of amides is 1. The molecule has 0 unspecified atom stereocenters. The first-order valence-electron chi connectivity index (χ1n) is 5.50. The zero-order valence-electron chi connectivity index (χ0n) is 10.0. The molecule has 2 rings (SSSR count). The van der Waals surface area contributed by atoms with Crippen molar-refractivity contribution in [2.45, 2.75) is 6.92 Å². The highest BCUT2D eigenvalue weighted by Crippen LogP contribution is 2.21. The molecule has 2 aromatic rings. The average molecular weight is 343 g/mol. The second kappa shape index (κ2) is 5.72. The van der Waals surface area contributed by atoms with Gasteiger partial charge < -0.3 is 5.32 Å². The molecule has 2 nitrogen and oxygen atoms in total. The largest absolute Gasteiger partial charge is 0.322 e. The van der Waals surface area contributed by atoms with E-state index in [-0.39, 0.29) is 10.9 Å². The second-order valence-electron chi connectivity index (χ2n) is 4.05. The van der Waals surface area contributed by atoms with Crippen molar-refractivity contribution in [3.63, 3.8) is 0 Å². The van der Waals surface area contributed by atoms with Gasteiger partial charge in [0.1, 0.15) is 5.82 Å². The summed E-state index contributed by atoms with van der Waals surface area (Å²) in [4.78, 5) is 12.0. The lowest BCUT2D eigenvalue weighted by Gasteiger charge is -2.07. The number of nitrogens with one attached hydrogen (secondary N) is 1. The standard InChI is InChI=1S/C14H10BrClFNO/c1-8-6-10(3-4-11(8)15)18-14(19)9-2-5-13(17)12(16)7-9/h2-7H,1H3,(H,18,19). The molecule has 19 heavy (non-hydrogen) atoms. The number of carbonyl (C=O) groups is 1. The maximum atomic E-state index is 13.0. The molecule has 0 aromatic heterocycles. The molecule has 0 bridgehead atoms. The summed E-state index contributed by atoms with van der Waals surface area (Å²) in [5, 5.41) is 2.66. The van der Waals surface area contributed by atoms with E-state index in [1.165, 1.54) is 18.2 Å². The van der Waals surface area contributed by atoms with Crippen LogP contribution in [0.4, 0.5) is 10.1 Å². The van der Waals surface area contributed by atoms with Gasteiger partial charge in [0.15, 0.2) is 0 Å². The first kappa shape index (κ1) is 14.0. The van der Waals surface area contributed by atoms with Crippen molar-refractivity contribution in [1.29, 1.82) is 0 Å². The van der Waals surface area contributed by atoms with Crippen LogP contribution in [0.25, 0.3) is 0 Å². The zero-order chi connectivity index (χ0) is 14.0. The molecule has 0 aliphatic carbocycles. The lowest BCUT2D eigenvalue weighted by molar-refractivity contribution is 0.102. The van der Waals surface area contributed by atoms with E-state index in [2.05, 4.69) is 21.2 Å². The Morgan fingerprint density at radius 2 is 2.00 bits per heavy atom. The number of hydrogen-bond acceptors (Lipinski definition) is 1. The van der Waals surface area contributed by atoms with E-state index >= 15 is 0 Å². The molecule has 0 saturated carbocycles. The molecule has 0 fully saturated rings. The number of carbonyl (C=O) groups excluding carboxylic acids is 1. The second-order valence-corrected chi connectivity index (χ2v) is 5.31. The van der Waals surface area contributed by atoms with Crippen molar-refractivity contribution < 1.29 is 9.18 Å². The van der Waals surface area contributed by atoms with Crippen LogP contribution in [0.5, 0.6) is 0 Å². The van der Waals surface area contributed by atoms with Gasteiger partial charge in [0.05, 0.1) is 5.02 Å². The molecule has 0 saturated heterocycles. The highest BCUT2D eigenvalue weighted by Gasteiger charge is 2.09. The fourth-order valence-corrected chi connectivity index (χ4v) is 1.99. The first-order valence-corrected chi connectivity index (χ1v) is 6.67. The Bertz CT molecular complexity index is 645. The number of benzene rings is 2. The summed E-state index contributed by atoms with van der Waals surface area (Å²) in [5.41, 5.74) is 1.99. The molecule has 1 N–H and O–H groups in total. The average Bonchev–Trinajstić information content (AvgIpc) is 2.37. The van der Waals surface area contributed by atoms with Gasteiger partial charge in [-0.15, -0.1) is 0 Å². The maximum Gasteiger partial charge on any atom is 0.255 e. The van der Waals surface area contributed by atoms with Crippen LogP contribution in [-0.2, 0) is 0 Å². The Balaban J connectivity index is 2.20. The molecule has 1 amide bonds. The minimum absolute atomic E-state index is 0.0698. The van der Waals surface area contributed by atoms with Crippen molar-refractivity contribution in [1.82, 2.24) is 0 Å². The third-order valence-corrected chi connectivity index (χ3v) is 3.78. The molecule has 0 spiro atoms. The molecule has 0 aliphatic heterocycles. The highest BCUT2D eigenvalue weighted by molar-refractivity contribution is 9.10. The topological polar surface area (TPSA) is 29.1 Å². The van der Waals surface area contributed by atoms with Crippen LogP contribution >= 0.6 is 27.5 Å². The Morgan fingerprint density at radius 1 is 1.26 bits per heavy atom. The van der Waals surface area contributed by atoms with Crippen molar-refractivity contribution in [3.8, 4) is 0 Å². The third kappa shape index (κ3) is 3.33. The molecule has 0 heterocycles. The van der Waals surface area contributed by atoms with Crippen LogP contribution < -0.4 is 5.32 Å². The summed E-state index contributed by atoms with van der Waals surface area (Å²) in [7, 11) is 0. The van der Waals surface area contributed by atoms with Gasteiger partial charge in [-0.25, -0.2) is 4.39 Å². The lowest BCUT2D eigenvalue weighted by atomic mass is 10.2. The molecular weight excluding hydrogens is 333 g/mol. The molecule has 98 valence electrons. The SMILES string of the molecule is Cc1cc(NC(=O)c2ccc(F)c(Cl)c2)ccc1Br. The minimum Gasteiger partial charge on any atom is -0.322 e. The van der Waals surface area contributed by atoms with Crippen molar-refractivity contribution in [2.24, 2.45) is 0 Å². The van der Waals surface area contributed by atoms with Gasteiger partial charge in [-0.05, 0) is 48.9 Å². The van der Waals surface area contributed by atoms with E-state index in [9.17, 15) is 9.18 Å². The van der Waals surface area contributed by atoms with E-state index in [1.807, 2.05) is 19.1 Å². The van der Waals surface area contributed by atoms with Gasteiger partial charge >= 0.3 is 0 Å². The summed E-state index contributed by atoms with van der Waals surface area (Å²) >= 11 is 9.03. The Labute approximate surface area is 123 Å². The van der Waals surface area contributed by atoms with Gasteiger partial charge in [0.2, 0.25) is 0 Å². The van der Waals surface area contributed by atoms with Gasteiger partial charge in [0.25, 0.3) is 5.91 Å². The van der Waals surface area contributed by atoms with Crippen LogP contribution in [0.1, 0.15) is 15.9 Å². The van der Waals surface area contributed by atoms with Crippen molar-refractivity contribution >= 4 is 39.1 Å². The molecular formula is C14H10BrClFNO. The molecule has 2 aromatic carbocycles. The fraction of sp³-hybridized carbons (Fsp3) is 0.0714. The molecule has 0 aliphatic rings. The van der Waals surface area contributed by atoms with E-state index in [0.717, 1.165) is 10.0 Å². The zero-order valence-corrected chi connectivity index (χ0v) is 12.3. The predicted molar refractivity (Wildman–Crippen MR) is 78.2 cm³/mol. The number of hydrogen-bond donors (Lipinski definition) is 1. The van der Waals surface area contributed by atoms with Crippen molar-refractivity contribution in [2.75, 3.05) is 5.32 Å². The minimum atomic E-state index is -0.544. The normalized spacial score (nSPS) is 10.3. The number of rotatable bonds is 2. The quantitative estimate of drug-likeness (QED) is 0.834. The van der Waals surface area contributed by atoms with Crippen LogP contribution in [0.3, 0.4) is 0 Å². The summed E-state index contributed by atoms with van der Waals surface area (Å²) < 4.78 is 14.0.